The molecule has 0 aliphatic carbocycles. The first-order chi connectivity index (χ1) is 16.7. The van der Waals surface area contributed by atoms with Gasteiger partial charge in [0.1, 0.15) is 23.2 Å². The van der Waals surface area contributed by atoms with E-state index < -0.39 is 17.6 Å². The third-order valence-corrected chi connectivity index (χ3v) is 5.94. The molecule has 2 aliphatic rings. The predicted octanol–water partition coefficient (Wildman–Crippen LogP) is 3.99. The van der Waals surface area contributed by atoms with E-state index in [1.54, 1.807) is 6.07 Å². The maximum absolute atomic E-state index is 13.2. The van der Waals surface area contributed by atoms with E-state index in [2.05, 4.69) is 25.2 Å². The van der Waals surface area contributed by atoms with Gasteiger partial charge in [0.2, 0.25) is 0 Å². The molecule has 3 aromatic rings. The lowest BCUT2D eigenvalue weighted by Crippen LogP contribution is -2.66. The molecule has 0 bridgehead atoms. The van der Waals surface area contributed by atoms with E-state index in [0.717, 1.165) is 38.2 Å². The Labute approximate surface area is 198 Å². The van der Waals surface area contributed by atoms with E-state index in [9.17, 15) is 18.0 Å². The molecular formula is C24H21F3N6O2. The second-order valence-electron chi connectivity index (χ2n) is 8.66. The maximum Gasteiger partial charge on any atom is 0.417 e. The van der Waals surface area contributed by atoms with Crippen LogP contribution in [-0.2, 0) is 10.9 Å². The van der Waals surface area contributed by atoms with Crippen molar-refractivity contribution >= 4 is 29.3 Å². The van der Waals surface area contributed by atoms with E-state index in [1.807, 2.05) is 12.1 Å². The number of ether oxygens (including phenoxy) is 1. The highest BCUT2D eigenvalue weighted by atomic mass is 19.4. The number of hydrogen-bond acceptors (Lipinski definition) is 6. The lowest BCUT2D eigenvalue weighted by molar-refractivity contribution is -0.137. The third kappa shape index (κ3) is 4.67. The maximum atomic E-state index is 13.2. The minimum absolute atomic E-state index is 0.147. The molecule has 3 N–H and O–H groups in total. The van der Waals surface area contributed by atoms with Crippen LogP contribution in [0.4, 0.5) is 24.8 Å². The summed E-state index contributed by atoms with van der Waals surface area (Å²) in [6.45, 7) is 3.28. The van der Waals surface area contributed by atoms with Gasteiger partial charge in [0.25, 0.3) is 5.91 Å². The molecule has 2 saturated heterocycles. The van der Waals surface area contributed by atoms with Crippen molar-refractivity contribution in [2.75, 3.05) is 36.5 Å². The number of imidazole rings is 1. The van der Waals surface area contributed by atoms with Gasteiger partial charge >= 0.3 is 6.18 Å². The van der Waals surface area contributed by atoms with Gasteiger partial charge in [-0.05, 0) is 30.4 Å². The largest absolute Gasteiger partial charge is 0.417 e. The number of hydrogen-bond donors (Lipinski definition) is 3. The van der Waals surface area contributed by atoms with Crippen molar-refractivity contribution < 1.29 is 22.7 Å². The number of amides is 1. The minimum atomic E-state index is -4.57. The number of aromatic amines is 1. The van der Waals surface area contributed by atoms with E-state index in [4.69, 9.17) is 10.1 Å². The van der Waals surface area contributed by atoms with E-state index >= 15 is 0 Å². The molecule has 35 heavy (non-hydrogen) atoms. The van der Waals surface area contributed by atoms with Crippen LogP contribution in [0.5, 0.6) is 0 Å². The average molecular weight is 482 g/mol. The highest BCUT2D eigenvalue weighted by Gasteiger charge is 2.49. The van der Waals surface area contributed by atoms with Crippen molar-refractivity contribution in [1.82, 2.24) is 15.0 Å². The second-order valence-corrected chi connectivity index (χ2v) is 8.66. The number of carbonyl (C=O) groups is 1. The molecule has 1 spiro atoms. The molecule has 0 unspecified atom stereocenters. The van der Waals surface area contributed by atoms with E-state index in [1.165, 1.54) is 36.5 Å². The number of halogens is 3. The summed E-state index contributed by atoms with van der Waals surface area (Å²) in [7, 11) is 0. The third-order valence-electron chi connectivity index (χ3n) is 5.94. The summed E-state index contributed by atoms with van der Waals surface area (Å²) in [6, 6.07) is 10.2. The fraction of sp³-hybridized carbons (Fsp3) is 0.250. The van der Waals surface area contributed by atoms with Crippen molar-refractivity contribution in [2.45, 2.75) is 6.18 Å². The van der Waals surface area contributed by atoms with Crippen LogP contribution >= 0.6 is 0 Å². The second kappa shape index (κ2) is 8.66. The number of nitrogens with one attached hydrogen (secondary N) is 3. The van der Waals surface area contributed by atoms with Gasteiger partial charge in [-0.1, -0.05) is 24.3 Å². The summed E-state index contributed by atoms with van der Waals surface area (Å²) in [6.07, 6.45) is -0.722. The minimum Gasteiger partial charge on any atom is -0.380 e. The lowest BCUT2D eigenvalue weighted by atomic mass is 9.78. The first-order valence-electron chi connectivity index (χ1n) is 10.8. The lowest BCUT2D eigenvalue weighted by Gasteiger charge is -2.55. The quantitative estimate of drug-likeness (QED) is 0.461. The van der Waals surface area contributed by atoms with Crippen LogP contribution in [0, 0.1) is 10.8 Å². The summed E-state index contributed by atoms with van der Waals surface area (Å²) in [5.41, 5.74) is -1.08. The first-order valence-corrected chi connectivity index (χ1v) is 10.8. The van der Waals surface area contributed by atoms with Crippen molar-refractivity contribution in [1.29, 1.82) is 5.41 Å². The molecule has 1 amide bonds. The topological polar surface area (TPSA) is 107 Å². The van der Waals surface area contributed by atoms with E-state index in [-0.39, 0.29) is 28.2 Å². The summed E-state index contributed by atoms with van der Waals surface area (Å²) in [4.78, 5) is 26.1. The zero-order valence-corrected chi connectivity index (χ0v) is 18.4. The molecule has 1 aromatic carbocycles. The number of alkyl halides is 3. The molecule has 180 valence electrons. The van der Waals surface area contributed by atoms with Gasteiger partial charge in [-0.15, -0.1) is 0 Å². The Morgan fingerprint density at radius 1 is 1.17 bits per heavy atom. The number of H-pyrrole nitrogens is 1. The zero-order valence-electron chi connectivity index (χ0n) is 18.4. The number of carbonyl (C=O) groups excluding carboxylic acids is 1. The van der Waals surface area contributed by atoms with Gasteiger partial charge in [0.05, 0.1) is 36.1 Å². The first kappa shape index (κ1) is 22.8. The number of anilines is 2. The molecular weight excluding hydrogens is 461 g/mol. The van der Waals surface area contributed by atoms with Gasteiger partial charge in [0, 0.05) is 18.7 Å². The van der Waals surface area contributed by atoms with Crippen LogP contribution in [0.1, 0.15) is 27.4 Å². The molecule has 11 heteroatoms. The number of benzene rings is 1. The van der Waals surface area contributed by atoms with Gasteiger partial charge in [-0.2, -0.15) is 13.2 Å². The number of allylic oxidation sites excluding steroid dienone is 1. The Bertz CT molecular complexity index is 1300. The van der Waals surface area contributed by atoms with Crippen molar-refractivity contribution in [2.24, 2.45) is 5.41 Å². The van der Waals surface area contributed by atoms with E-state index in [0.29, 0.717) is 5.82 Å². The Hall–Kier alpha value is -3.99. The Balaban J connectivity index is 1.22. The SMILES string of the molecule is N=C(/C=C\c1ncc(C(=O)Nc2cccc(N3CC4(COC4)C3)n2)[nH]1)c1ccccc1C(F)(F)F. The molecule has 4 heterocycles. The van der Waals surface area contributed by atoms with Gasteiger partial charge in [-0.3, -0.25) is 4.79 Å². The van der Waals surface area contributed by atoms with Crippen molar-refractivity contribution in [3.05, 3.63) is 77.4 Å². The van der Waals surface area contributed by atoms with Crippen LogP contribution in [-0.4, -0.2) is 52.9 Å². The fourth-order valence-electron chi connectivity index (χ4n) is 4.11. The number of nitrogens with zero attached hydrogens (tertiary/aromatic N) is 3. The van der Waals surface area contributed by atoms with Crippen molar-refractivity contribution in [3.8, 4) is 0 Å². The highest BCUT2D eigenvalue weighted by molar-refractivity contribution is 6.09. The zero-order chi connectivity index (χ0) is 24.6. The number of pyridine rings is 1. The normalized spacial score (nSPS) is 16.7. The number of rotatable bonds is 6. The summed E-state index contributed by atoms with van der Waals surface area (Å²) >= 11 is 0. The van der Waals surface area contributed by atoms with Crippen LogP contribution in [0.3, 0.4) is 0 Å². The Morgan fingerprint density at radius 2 is 1.94 bits per heavy atom. The summed E-state index contributed by atoms with van der Waals surface area (Å²) in [5.74, 6) is 0.910. The molecule has 0 saturated carbocycles. The molecule has 2 fully saturated rings. The van der Waals surface area contributed by atoms with Crippen LogP contribution < -0.4 is 10.2 Å². The van der Waals surface area contributed by atoms with Crippen molar-refractivity contribution in [3.63, 3.8) is 0 Å². The Morgan fingerprint density at radius 3 is 2.66 bits per heavy atom. The summed E-state index contributed by atoms with van der Waals surface area (Å²) in [5, 5.41) is 10.7. The van der Waals surface area contributed by atoms with Crippen LogP contribution in [0.25, 0.3) is 6.08 Å². The fourth-order valence-corrected chi connectivity index (χ4v) is 4.11. The molecule has 5 rings (SSSR count). The van der Waals surface area contributed by atoms with Gasteiger partial charge in [-0.25, -0.2) is 9.97 Å². The molecule has 0 radical (unpaired) electrons. The molecule has 2 aromatic heterocycles. The van der Waals surface area contributed by atoms with Gasteiger partial charge < -0.3 is 25.3 Å². The summed E-state index contributed by atoms with van der Waals surface area (Å²) < 4.78 is 44.9. The highest BCUT2D eigenvalue weighted by Crippen LogP contribution is 2.39. The predicted molar refractivity (Wildman–Crippen MR) is 124 cm³/mol. The molecule has 0 atom stereocenters. The Kier molecular flexibility index (Phi) is 5.64. The smallest absolute Gasteiger partial charge is 0.380 e. The average Bonchev–Trinajstić information content (AvgIpc) is 3.25. The molecule has 2 aliphatic heterocycles. The monoisotopic (exact) mass is 482 g/mol. The molecule has 8 nitrogen and oxygen atoms in total. The number of aromatic nitrogens is 3. The van der Waals surface area contributed by atoms with Crippen LogP contribution in [0.15, 0.2) is 54.7 Å². The standard InChI is InChI=1S/C24H21F3N6O2/c25-24(26,27)16-5-2-1-4-15(16)17(28)8-9-19-29-10-18(30-19)22(34)32-20-6-3-7-21(31-20)33-11-23(12-33)13-35-14-23/h1-10,28H,11-14H2,(H,29,30)(H,31,32,34)/b9-8-,28-17?. The van der Waals surface area contributed by atoms with Crippen LogP contribution in [0.2, 0.25) is 0 Å². The van der Waals surface area contributed by atoms with Gasteiger partial charge in [0.15, 0.2) is 0 Å².